The molecule has 0 aliphatic carbocycles. The molecule has 0 bridgehead atoms. The van der Waals surface area contributed by atoms with Crippen LogP contribution in [0.1, 0.15) is 30.6 Å². The molecule has 7 nitrogen and oxygen atoms in total. The molecule has 7 heteroatoms. The molecule has 2 unspecified atom stereocenters. The predicted molar refractivity (Wildman–Crippen MR) is 99.4 cm³/mol. The van der Waals surface area contributed by atoms with Crippen molar-refractivity contribution in [3.8, 4) is 0 Å². The summed E-state index contributed by atoms with van der Waals surface area (Å²) in [7, 11) is 0. The van der Waals surface area contributed by atoms with E-state index in [1.807, 2.05) is 60.7 Å². The molecule has 0 spiro atoms. The van der Waals surface area contributed by atoms with Crippen LogP contribution < -0.4 is 0 Å². The smallest absolute Gasteiger partial charge is 0.303 e. The fourth-order valence-electron chi connectivity index (χ4n) is 3.97. The van der Waals surface area contributed by atoms with Crippen LogP contribution in [0.5, 0.6) is 0 Å². The molecule has 0 aromatic heterocycles. The summed E-state index contributed by atoms with van der Waals surface area (Å²) in [5.41, 5.74) is 1.76. The van der Waals surface area contributed by atoms with Crippen molar-refractivity contribution >= 4 is 5.97 Å². The minimum Gasteiger partial charge on any atom is -0.457 e. The van der Waals surface area contributed by atoms with E-state index in [1.54, 1.807) is 0 Å². The number of esters is 1. The van der Waals surface area contributed by atoms with E-state index in [4.69, 9.17) is 28.4 Å². The monoisotopic (exact) mass is 398 g/mol. The molecule has 0 amide bonds. The topological polar surface area (TPSA) is 72.5 Å². The van der Waals surface area contributed by atoms with E-state index >= 15 is 0 Å². The molecule has 2 aromatic rings. The van der Waals surface area contributed by atoms with Gasteiger partial charge in [-0.25, -0.2) is 0 Å². The Morgan fingerprint density at radius 2 is 1.45 bits per heavy atom. The van der Waals surface area contributed by atoms with Gasteiger partial charge in [0.25, 0.3) is 0 Å². The Kier molecular flexibility index (Phi) is 5.07. The minimum absolute atomic E-state index is 0.296. The summed E-state index contributed by atoms with van der Waals surface area (Å²) >= 11 is 0. The second kappa shape index (κ2) is 7.85. The van der Waals surface area contributed by atoms with Gasteiger partial charge in [-0.2, -0.15) is 0 Å². The lowest BCUT2D eigenvalue weighted by atomic mass is 9.97. The Morgan fingerprint density at radius 3 is 2.10 bits per heavy atom. The molecule has 3 aliphatic heterocycles. The molecule has 3 saturated heterocycles. The standard InChI is InChI=1S/C22H22O7/c1-13(23)25-18-17-16(12-24-20(27-17)14-8-4-2-5-9-14)26-22-19(18)28-21(29-22)15-10-6-3-7-11-15/h2-11,16-22H,12H2,1H3/t16-,17-,18+,19-,20?,21?,22-/m1/s1. The van der Waals surface area contributed by atoms with Crippen LogP contribution >= 0.6 is 0 Å². The van der Waals surface area contributed by atoms with Crippen molar-refractivity contribution in [2.24, 2.45) is 0 Å². The van der Waals surface area contributed by atoms with Gasteiger partial charge in [0.2, 0.25) is 0 Å². The van der Waals surface area contributed by atoms with Crippen LogP contribution in [-0.2, 0) is 33.2 Å². The van der Waals surface area contributed by atoms with E-state index in [0.29, 0.717) is 6.61 Å². The largest absolute Gasteiger partial charge is 0.457 e. The number of ether oxygens (including phenoxy) is 6. The van der Waals surface area contributed by atoms with Gasteiger partial charge >= 0.3 is 5.97 Å². The minimum atomic E-state index is -0.675. The van der Waals surface area contributed by atoms with Crippen molar-refractivity contribution in [2.45, 2.75) is 50.2 Å². The first-order chi connectivity index (χ1) is 14.2. The van der Waals surface area contributed by atoms with Crippen molar-refractivity contribution in [1.82, 2.24) is 0 Å². The zero-order valence-corrected chi connectivity index (χ0v) is 15.9. The third-order valence-electron chi connectivity index (χ3n) is 5.27. The maximum atomic E-state index is 11.8. The molecule has 7 atom stereocenters. The number of hydrogen-bond donors (Lipinski definition) is 0. The highest BCUT2D eigenvalue weighted by atomic mass is 16.8. The van der Waals surface area contributed by atoms with Crippen LogP contribution in [-0.4, -0.2) is 43.3 Å². The van der Waals surface area contributed by atoms with Crippen molar-refractivity contribution < 1.29 is 33.2 Å². The zero-order chi connectivity index (χ0) is 19.8. The fraction of sp³-hybridized carbons (Fsp3) is 0.409. The fourth-order valence-corrected chi connectivity index (χ4v) is 3.97. The molecular formula is C22H22O7. The van der Waals surface area contributed by atoms with Gasteiger partial charge in [-0.1, -0.05) is 60.7 Å². The molecule has 2 aromatic carbocycles. The van der Waals surface area contributed by atoms with Gasteiger partial charge in [0, 0.05) is 18.1 Å². The van der Waals surface area contributed by atoms with Crippen LogP contribution in [0.3, 0.4) is 0 Å². The first-order valence-corrected chi connectivity index (χ1v) is 9.69. The highest BCUT2D eigenvalue weighted by Crippen LogP contribution is 2.42. The van der Waals surface area contributed by atoms with E-state index in [9.17, 15) is 4.79 Å². The average molecular weight is 398 g/mol. The quantitative estimate of drug-likeness (QED) is 0.736. The summed E-state index contributed by atoms with van der Waals surface area (Å²) in [6, 6.07) is 19.2. The van der Waals surface area contributed by atoms with E-state index in [1.165, 1.54) is 6.92 Å². The summed E-state index contributed by atoms with van der Waals surface area (Å²) in [5, 5.41) is 0. The van der Waals surface area contributed by atoms with E-state index < -0.39 is 49.3 Å². The van der Waals surface area contributed by atoms with Crippen molar-refractivity contribution in [1.29, 1.82) is 0 Å². The molecule has 3 fully saturated rings. The molecule has 0 saturated carbocycles. The highest BCUT2D eigenvalue weighted by molar-refractivity contribution is 5.66. The first kappa shape index (κ1) is 18.7. The number of carbonyl (C=O) groups is 1. The van der Waals surface area contributed by atoms with Crippen LogP contribution in [0, 0.1) is 0 Å². The van der Waals surface area contributed by atoms with Crippen LogP contribution in [0.25, 0.3) is 0 Å². The second-order valence-electron chi connectivity index (χ2n) is 7.27. The average Bonchev–Trinajstić information content (AvgIpc) is 3.18. The molecule has 29 heavy (non-hydrogen) atoms. The van der Waals surface area contributed by atoms with E-state index in [0.717, 1.165) is 11.1 Å². The zero-order valence-electron chi connectivity index (χ0n) is 15.9. The number of fused-ring (bicyclic) bond motifs is 2. The molecule has 3 aliphatic rings. The van der Waals surface area contributed by atoms with Crippen molar-refractivity contribution in [3.05, 3.63) is 71.8 Å². The molecule has 3 heterocycles. The van der Waals surface area contributed by atoms with Crippen LogP contribution in [0.15, 0.2) is 60.7 Å². The Morgan fingerprint density at radius 1 is 0.828 bits per heavy atom. The Bertz CT molecular complexity index is 805. The molecule has 0 N–H and O–H groups in total. The maximum absolute atomic E-state index is 11.8. The number of hydrogen-bond acceptors (Lipinski definition) is 7. The predicted octanol–water partition coefficient (Wildman–Crippen LogP) is 2.87. The van der Waals surface area contributed by atoms with E-state index in [2.05, 4.69) is 0 Å². The van der Waals surface area contributed by atoms with Gasteiger partial charge in [0.05, 0.1) is 6.61 Å². The summed E-state index contributed by atoms with van der Waals surface area (Å²) < 4.78 is 35.8. The maximum Gasteiger partial charge on any atom is 0.303 e. The lowest BCUT2D eigenvalue weighted by Crippen LogP contribution is -2.61. The Balaban J connectivity index is 1.39. The lowest BCUT2D eigenvalue weighted by Gasteiger charge is -2.45. The number of carbonyl (C=O) groups excluding carboxylic acids is 1. The van der Waals surface area contributed by atoms with Crippen LogP contribution in [0.2, 0.25) is 0 Å². The highest BCUT2D eigenvalue weighted by Gasteiger charge is 2.56. The first-order valence-electron chi connectivity index (χ1n) is 9.69. The van der Waals surface area contributed by atoms with Gasteiger partial charge in [0.15, 0.2) is 31.1 Å². The van der Waals surface area contributed by atoms with Gasteiger partial charge in [0.1, 0.15) is 12.2 Å². The number of benzene rings is 2. The third kappa shape index (κ3) is 3.68. The lowest BCUT2D eigenvalue weighted by molar-refractivity contribution is -0.339. The SMILES string of the molecule is CC(=O)O[C@@H]1[C@H]2OC(c3ccccc3)O[C@H]2O[C@@H]2COC(c3ccccc3)O[C@@H]12. The third-order valence-corrected chi connectivity index (χ3v) is 5.27. The van der Waals surface area contributed by atoms with Gasteiger partial charge in [-0.05, 0) is 0 Å². The Hall–Kier alpha value is -2.29. The van der Waals surface area contributed by atoms with Gasteiger partial charge < -0.3 is 28.4 Å². The second-order valence-corrected chi connectivity index (χ2v) is 7.27. The molecule has 5 rings (SSSR count). The normalized spacial score (nSPS) is 36.1. The summed E-state index contributed by atoms with van der Waals surface area (Å²) in [5.74, 6) is -0.410. The summed E-state index contributed by atoms with van der Waals surface area (Å²) in [4.78, 5) is 11.8. The molecule has 0 radical (unpaired) electrons. The van der Waals surface area contributed by atoms with Gasteiger partial charge in [-0.15, -0.1) is 0 Å². The molecular weight excluding hydrogens is 376 g/mol. The van der Waals surface area contributed by atoms with Crippen molar-refractivity contribution in [2.75, 3.05) is 6.61 Å². The van der Waals surface area contributed by atoms with E-state index in [-0.39, 0.29) is 0 Å². The summed E-state index contributed by atoms with van der Waals surface area (Å²) in [6.07, 6.45) is -4.07. The van der Waals surface area contributed by atoms with Crippen molar-refractivity contribution in [3.63, 3.8) is 0 Å². The summed E-state index contributed by atoms with van der Waals surface area (Å²) in [6.45, 7) is 1.67. The number of rotatable bonds is 3. The van der Waals surface area contributed by atoms with Gasteiger partial charge in [-0.3, -0.25) is 4.79 Å². The van der Waals surface area contributed by atoms with Crippen LogP contribution in [0.4, 0.5) is 0 Å². The Labute approximate surface area is 168 Å². The molecule has 152 valence electrons.